The first-order valence-corrected chi connectivity index (χ1v) is 12.7. The van der Waals surface area contributed by atoms with Crippen molar-refractivity contribution in [2.24, 2.45) is 0 Å². The lowest BCUT2D eigenvalue weighted by molar-refractivity contribution is -0.162. The Morgan fingerprint density at radius 1 is 1.31 bits per heavy atom. The van der Waals surface area contributed by atoms with E-state index in [2.05, 4.69) is 20.3 Å². The molecular weight excluding hydrogens is 501 g/mol. The minimum Gasteiger partial charge on any atom is -0.470 e. The van der Waals surface area contributed by atoms with E-state index < -0.39 is 59.3 Å². The Bertz CT molecular complexity index is 1240. The van der Waals surface area contributed by atoms with Crippen molar-refractivity contribution < 1.29 is 31.4 Å². The fourth-order valence-electron chi connectivity index (χ4n) is 4.36. The summed E-state index contributed by atoms with van der Waals surface area (Å²) in [7, 11) is -3.95. The minimum absolute atomic E-state index is 0.0236. The largest absolute Gasteiger partial charge is 0.470 e. The van der Waals surface area contributed by atoms with Crippen LogP contribution in [-0.4, -0.2) is 75.7 Å². The van der Waals surface area contributed by atoms with E-state index in [4.69, 9.17) is 4.74 Å². The number of piperidine rings is 1. The lowest BCUT2D eigenvalue weighted by atomic mass is 9.81. The second-order valence-electron chi connectivity index (χ2n) is 9.15. The van der Waals surface area contributed by atoms with Gasteiger partial charge in [0, 0.05) is 32.1 Å². The minimum atomic E-state index is -3.95. The fraction of sp³-hybridized carbons (Fsp3) is 0.545. The molecule has 10 nitrogen and oxygen atoms in total. The number of hydrogen-bond acceptors (Lipinski definition) is 9. The summed E-state index contributed by atoms with van der Waals surface area (Å²) in [6, 6.07) is 5.45. The predicted molar refractivity (Wildman–Crippen MR) is 121 cm³/mol. The number of ether oxygens (including phenoxy) is 1. The second-order valence-corrected chi connectivity index (χ2v) is 11.0. The predicted octanol–water partition coefficient (Wildman–Crippen LogP) is 2.27. The SMILES string of the molecule is C[C@@]1(O)CC(F)(F)CC[C@@H]1Oc1nc(N[C@@H]2CCN(S(=O)(=O)c3ccccn3)C[C@@H]2F)ncc1C#N. The topological polar surface area (TPSA) is 141 Å². The number of aromatic nitrogens is 3. The molecule has 1 aliphatic carbocycles. The Morgan fingerprint density at radius 3 is 2.72 bits per heavy atom. The van der Waals surface area contributed by atoms with Crippen molar-refractivity contribution in [2.75, 3.05) is 18.4 Å². The number of aliphatic hydroxyl groups is 1. The molecule has 2 aliphatic rings. The monoisotopic (exact) mass is 526 g/mol. The average Bonchev–Trinajstić information content (AvgIpc) is 2.82. The lowest BCUT2D eigenvalue weighted by Crippen LogP contribution is -2.51. The maximum atomic E-state index is 15.0. The van der Waals surface area contributed by atoms with Crippen LogP contribution in [-0.2, 0) is 10.0 Å². The molecule has 2 aromatic rings. The molecule has 4 atom stereocenters. The molecule has 14 heteroatoms. The van der Waals surface area contributed by atoms with Gasteiger partial charge in [0.2, 0.25) is 11.8 Å². The van der Waals surface area contributed by atoms with Crippen LogP contribution < -0.4 is 10.1 Å². The molecule has 1 aliphatic heterocycles. The maximum Gasteiger partial charge on any atom is 0.260 e. The molecule has 4 rings (SSSR count). The van der Waals surface area contributed by atoms with Gasteiger partial charge in [-0.05, 0) is 31.9 Å². The van der Waals surface area contributed by atoms with Gasteiger partial charge in [0.05, 0.1) is 12.2 Å². The highest BCUT2D eigenvalue weighted by molar-refractivity contribution is 7.89. The molecule has 36 heavy (non-hydrogen) atoms. The number of alkyl halides is 3. The van der Waals surface area contributed by atoms with E-state index >= 15 is 0 Å². The molecule has 0 unspecified atom stereocenters. The van der Waals surface area contributed by atoms with Crippen molar-refractivity contribution in [3.8, 4) is 11.9 Å². The lowest BCUT2D eigenvalue weighted by Gasteiger charge is -2.40. The summed E-state index contributed by atoms with van der Waals surface area (Å²) < 4.78 is 74.6. The van der Waals surface area contributed by atoms with Crippen molar-refractivity contribution >= 4 is 16.0 Å². The number of nitrogens with zero attached hydrogens (tertiary/aromatic N) is 5. The number of sulfonamides is 1. The molecule has 2 aromatic heterocycles. The molecule has 0 aromatic carbocycles. The van der Waals surface area contributed by atoms with Gasteiger partial charge in [-0.1, -0.05) is 6.07 Å². The van der Waals surface area contributed by atoms with Gasteiger partial charge in [-0.25, -0.2) is 31.6 Å². The summed E-state index contributed by atoms with van der Waals surface area (Å²) in [5.41, 5.74) is -1.94. The standard InChI is InChI=1S/C22H25F3N6O4S/c1-21(32)13-22(24,25)7-5-17(21)35-19-14(10-26)11-28-20(30-19)29-16-6-9-31(12-15(16)23)36(33,34)18-4-2-3-8-27-18/h2-4,8,11,15-17,32H,5-7,9,12-13H2,1H3,(H,28,29,30)/t15-,16+,17-,21+/m0/s1. The molecule has 194 valence electrons. The van der Waals surface area contributed by atoms with E-state index in [9.17, 15) is 32.0 Å². The Labute approximate surface area is 206 Å². The van der Waals surface area contributed by atoms with Crippen LogP contribution in [0.4, 0.5) is 19.1 Å². The normalized spacial score (nSPS) is 28.7. The third kappa shape index (κ3) is 5.53. The highest BCUT2D eigenvalue weighted by Gasteiger charge is 2.49. The molecule has 3 heterocycles. The summed E-state index contributed by atoms with van der Waals surface area (Å²) in [6.07, 6.45) is -1.52. The van der Waals surface area contributed by atoms with Crippen LogP contribution in [0.15, 0.2) is 35.6 Å². The van der Waals surface area contributed by atoms with Crippen LogP contribution in [0, 0.1) is 11.3 Å². The van der Waals surface area contributed by atoms with Crippen molar-refractivity contribution in [3.63, 3.8) is 0 Å². The molecule has 1 saturated carbocycles. The summed E-state index contributed by atoms with van der Waals surface area (Å²) in [4.78, 5) is 11.9. The van der Waals surface area contributed by atoms with Gasteiger partial charge in [-0.15, -0.1) is 0 Å². The van der Waals surface area contributed by atoms with Crippen molar-refractivity contribution in [2.45, 2.75) is 67.5 Å². The molecule has 2 N–H and O–H groups in total. The van der Waals surface area contributed by atoms with E-state index in [1.165, 1.54) is 25.3 Å². The molecule has 2 fully saturated rings. The molecule has 0 bridgehead atoms. The smallest absolute Gasteiger partial charge is 0.260 e. The van der Waals surface area contributed by atoms with Crippen LogP contribution in [0.2, 0.25) is 0 Å². The van der Waals surface area contributed by atoms with Crippen LogP contribution in [0.1, 0.15) is 38.2 Å². The van der Waals surface area contributed by atoms with E-state index in [-0.39, 0.29) is 41.8 Å². The Hall–Kier alpha value is -3.02. The Morgan fingerprint density at radius 2 is 2.08 bits per heavy atom. The summed E-state index contributed by atoms with van der Waals surface area (Å²) in [6.45, 7) is 0.850. The van der Waals surface area contributed by atoms with Crippen LogP contribution in [0.25, 0.3) is 0 Å². The van der Waals surface area contributed by atoms with E-state index in [0.29, 0.717) is 0 Å². The van der Waals surface area contributed by atoms with Gasteiger partial charge in [0.1, 0.15) is 29.5 Å². The molecule has 0 amide bonds. The zero-order valence-corrected chi connectivity index (χ0v) is 20.1. The first-order valence-electron chi connectivity index (χ1n) is 11.3. The molecule has 0 radical (unpaired) electrons. The maximum absolute atomic E-state index is 15.0. The quantitative estimate of drug-likeness (QED) is 0.580. The van der Waals surface area contributed by atoms with Crippen molar-refractivity contribution in [1.29, 1.82) is 5.26 Å². The van der Waals surface area contributed by atoms with Crippen LogP contribution >= 0.6 is 0 Å². The highest BCUT2D eigenvalue weighted by atomic mass is 32.2. The van der Waals surface area contributed by atoms with Crippen molar-refractivity contribution in [3.05, 3.63) is 36.2 Å². The van der Waals surface area contributed by atoms with Gasteiger partial charge in [-0.3, -0.25) is 0 Å². The van der Waals surface area contributed by atoms with E-state index in [0.717, 1.165) is 10.5 Å². The number of halogens is 3. The first kappa shape index (κ1) is 26.1. The number of hydrogen-bond donors (Lipinski definition) is 2. The zero-order chi connectivity index (χ0) is 26.1. The third-order valence-electron chi connectivity index (χ3n) is 6.27. The van der Waals surface area contributed by atoms with Crippen LogP contribution in [0.3, 0.4) is 0 Å². The third-order valence-corrected chi connectivity index (χ3v) is 8.05. The zero-order valence-electron chi connectivity index (χ0n) is 19.3. The van der Waals surface area contributed by atoms with E-state index in [1.54, 1.807) is 6.07 Å². The number of pyridine rings is 1. The van der Waals surface area contributed by atoms with Gasteiger partial charge in [0.25, 0.3) is 15.9 Å². The van der Waals surface area contributed by atoms with Crippen LogP contribution in [0.5, 0.6) is 5.88 Å². The van der Waals surface area contributed by atoms with E-state index in [1.807, 2.05) is 6.07 Å². The second kappa shape index (κ2) is 9.79. The summed E-state index contributed by atoms with van der Waals surface area (Å²) in [5.74, 6) is -3.34. The summed E-state index contributed by atoms with van der Waals surface area (Å²) >= 11 is 0. The molecular formula is C22H25F3N6O4S. The molecule has 1 saturated heterocycles. The Kier molecular flexibility index (Phi) is 7.09. The highest BCUT2D eigenvalue weighted by Crippen LogP contribution is 2.41. The number of rotatable bonds is 6. The number of anilines is 1. The number of nitrogens with one attached hydrogen (secondary N) is 1. The molecule has 0 spiro atoms. The average molecular weight is 527 g/mol. The van der Waals surface area contributed by atoms with Gasteiger partial charge in [0.15, 0.2) is 5.03 Å². The van der Waals surface area contributed by atoms with Gasteiger partial charge < -0.3 is 15.2 Å². The fourth-order valence-corrected chi connectivity index (χ4v) is 5.75. The van der Waals surface area contributed by atoms with Gasteiger partial charge in [-0.2, -0.15) is 14.6 Å². The summed E-state index contributed by atoms with van der Waals surface area (Å²) in [5, 5.41) is 22.5. The Balaban J connectivity index is 1.45. The first-order chi connectivity index (χ1) is 16.9. The number of nitriles is 1. The van der Waals surface area contributed by atoms with Gasteiger partial charge >= 0.3 is 0 Å². The van der Waals surface area contributed by atoms with Crippen molar-refractivity contribution in [1.82, 2.24) is 19.3 Å².